The molecule has 0 aliphatic heterocycles. The molecule has 0 spiro atoms. The summed E-state index contributed by atoms with van der Waals surface area (Å²) in [5, 5.41) is 26.7. The van der Waals surface area contributed by atoms with Crippen LogP contribution in [0.5, 0.6) is 0 Å². The van der Waals surface area contributed by atoms with Crippen molar-refractivity contribution in [3.8, 4) is 0 Å². The Bertz CT molecular complexity index is 918. The number of guanidine groups is 1. The number of imidazole rings is 1. The summed E-state index contributed by atoms with van der Waals surface area (Å²) < 4.78 is 0. The number of nitrogens with one attached hydrogen (secondary N) is 4. The van der Waals surface area contributed by atoms with Gasteiger partial charge in [0.15, 0.2) is 5.96 Å². The van der Waals surface area contributed by atoms with Crippen molar-refractivity contribution < 1.29 is 29.4 Å². The zero-order valence-electron chi connectivity index (χ0n) is 21.3. The van der Waals surface area contributed by atoms with E-state index in [2.05, 4.69) is 30.9 Å². The maximum absolute atomic E-state index is 13.2. The highest BCUT2D eigenvalue weighted by Gasteiger charge is 2.32. The lowest BCUT2D eigenvalue weighted by Gasteiger charge is -2.26. The lowest BCUT2D eigenvalue weighted by atomic mass is 9.98. The first-order valence-corrected chi connectivity index (χ1v) is 12.0. The number of aliphatic hydroxyl groups excluding tert-OH is 1. The van der Waals surface area contributed by atoms with Gasteiger partial charge in [0.1, 0.15) is 24.2 Å². The molecule has 0 aromatic carbocycles. The Labute approximate surface area is 215 Å². The average molecular weight is 526 g/mol. The summed E-state index contributed by atoms with van der Waals surface area (Å²) in [4.78, 5) is 61.0. The van der Waals surface area contributed by atoms with Crippen LogP contribution >= 0.6 is 0 Å². The molecule has 6 atom stereocenters. The van der Waals surface area contributed by atoms with Gasteiger partial charge < -0.3 is 48.3 Å². The second-order valence-corrected chi connectivity index (χ2v) is 8.83. The number of aliphatic carboxylic acids is 1. The molecule has 0 saturated heterocycles. The number of hydrogen-bond acceptors (Lipinski definition) is 8. The summed E-state index contributed by atoms with van der Waals surface area (Å²) in [5.41, 5.74) is 16.9. The first kappa shape index (κ1) is 31.3. The van der Waals surface area contributed by atoms with Crippen LogP contribution in [0.2, 0.25) is 0 Å². The van der Waals surface area contributed by atoms with E-state index < -0.39 is 54.0 Å². The number of carboxylic acids is 1. The Kier molecular flexibility index (Phi) is 13.0. The van der Waals surface area contributed by atoms with Crippen molar-refractivity contribution in [1.29, 1.82) is 0 Å². The van der Waals surface area contributed by atoms with Crippen LogP contribution in [-0.2, 0) is 25.6 Å². The molecule has 0 aliphatic rings. The van der Waals surface area contributed by atoms with Crippen molar-refractivity contribution >= 4 is 29.7 Å². The van der Waals surface area contributed by atoms with E-state index in [1.165, 1.54) is 19.4 Å². The summed E-state index contributed by atoms with van der Waals surface area (Å²) in [6.45, 7) is 4.99. The Morgan fingerprint density at radius 1 is 1.08 bits per heavy atom. The van der Waals surface area contributed by atoms with Crippen LogP contribution in [-0.4, -0.2) is 86.6 Å². The minimum atomic E-state index is -1.29. The predicted octanol–water partition coefficient (Wildman–Crippen LogP) is -2.70. The van der Waals surface area contributed by atoms with E-state index in [-0.39, 0.29) is 31.3 Å². The van der Waals surface area contributed by atoms with Crippen LogP contribution in [0.15, 0.2) is 17.5 Å². The number of nitrogens with two attached hydrogens (primary N) is 3. The van der Waals surface area contributed by atoms with Crippen LogP contribution in [0.3, 0.4) is 0 Å². The Morgan fingerprint density at radius 3 is 2.22 bits per heavy atom. The van der Waals surface area contributed by atoms with Gasteiger partial charge in [0, 0.05) is 24.9 Å². The van der Waals surface area contributed by atoms with E-state index in [0.29, 0.717) is 18.5 Å². The van der Waals surface area contributed by atoms with Crippen molar-refractivity contribution in [3.63, 3.8) is 0 Å². The SMILES string of the molecule is CCC(C)C(NC(=O)C(CCCN=C(N)N)NC(=O)C(Cc1cnc[nH]1)NC(=O)C(N)C(C)O)C(=O)O. The summed E-state index contributed by atoms with van der Waals surface area (Å²) in [6.07, 6.45) is 2.55. The fourth-order valence-electron chi connectivity index (χ4n) is 3.29. The van der Waals surface area contributed by atoms with Gasteiger partial charge in [-0.1, -0.05) is 20.3 Å². The van der Waals surface area contributed by atoms with Crippen LogP contribution in [0.4, 0.5) is 0 Å². The third-order valence-corrected chi connectivity index (χ3v) is 5.79. The Balaban J connectivity index is 3.13. The number of aromatic amines is 1. The Morgan fingerprint density at radius 2 is 1.70 bits per heavy atom. The van der Waals surface area contributed by atoms with Crippen LogP contribution in [0, 0.1) is 5.92 Å². The zero-order chi connectivity index (χ0) is 28.1. The summed E-state index contributed by atoms with van der Waals surface area (Å²) in [5.74, 6) is -3.91. The van der Waals surface area contributed by atoms with E-state index in [9.17, 15) is 29.4 Å². The number of nitrogens with zero attached hydrogens (tertiary/aromatic N) is 2. The molecule has 0 aliphatic carbocycles. The first-order valence-electron chi connectivity index (χ1n) is 12.0. The molecule has 3 amide bonds. The molecule has 1 rings (SSSR count). The molecule has 208 valence electrons. The second-order valence-electron chi connectivity index (χ2n) is 8.83. The minimum Gasteiger partial charge on any atom is -0.480 e. The van der Waals surface area contributed by atoms with Gasteiger partial charge in [-0.15, -0.1) is 0 Å². The third-order valence-electron chi connectivity index (χ3n) is 5.79. The van der Waals surface area contributed by atoms with E-state index in [1.54, 1.807) is 13.8 Å². The number of rotatable bonds is 16. The topological polar surface area (TPSA) is 264 Å². The lowest BCUT2D eigenvalue weighted by molar-refractivity contribution is -0.144. The van der Waals surface area contributed by atoms with Crippen LogP contribution in [0.25, 0.3) is 0 Å². The van der Waals surface area contributed by atoms with E-state index in [4.69, 9.17) is 17.2 Å². The van der Waals surface area contributed by atoms with Crippen LogP contribution in [0.1, 0.15) is 45.7 Å². The van der Waals surface area contributed by atoms with E-state index in [0.717, 1.165) is 0 Å². The molecule has 1 aromatic rings. The van der Waals surface area contributed by atoms with Gasteiger partial charge in [-0.2, -0.15) is 0 Å². The first-order chi connectivity index (χ1) is 17.4. The number of hydrogen-bond donors (Lipinski definition) is 9. The van der Waals surface area contributed by atoms with Crippen molar-refractivity contribution in [2.75, 3.05) is 6.54 Å². The molecule has 15 heteroatoms. The molecule has 0 bridgehead atoms. The van der Waals surface area contributed by atoms with Gasteiger partial charge in [0.25, 0.3) is 0 Å². The van der Waals surface area contributed by atoms with Gasteiger partial charge in [-0.3, -0.25) is 19.4 Å². The number of carbonyl (C=O) groups is 4. The average Bonchev–Trinajstić information content (AvgIpc) is 3.35. The third kappa shape index (κ3) is 10.8. The van der Waals surface area contributed by atoms with Gasteiger partial charge >= 0.3 is 5.97 Å². The van der Waals surface area contributed by atoms with Crippen molar-refractivity contribution in [2.24, 2.45) is 28.1 Å². The molecule has 0 saturated carbocycles. The van der Waals surface area contributed by atoms with Gasteiger partial charge in [0.2, 0.25) is 17.7 Å². The van der Waals surface area contributed by atoms with Gasteiger partial charge in [-0.25, -0.2) is 9.78 Å². The number of carbonyl (C=O) groups excluding carboxylic acids is 3. The molecular weight excluding hydrogens is 486 g/mol. The molecular formula is C22H39N9O6. The van der Waals surface area contributed by atoms with Crippen molar-refractivity contribution in [3.05, 3.63) is 18.2 Å². The highest BCUT2D eigenvalue weighted by molar-refractivity contribution is 5.94. The molecule has 0 fully saturated rings. The van der Waals surface area contributed by atoms with Crippen molar-refractivity contribution in [1.82, 2.24) is 25.9 Å². The number of aliphatic hydroxyl groups is 1. The molecule has 1 aromatic heterocycles. The molecule has 15 nitrogen and oxygen atoms in total. The quantitative estimate of drug-likeness (QED) is 0.0612. The number of aliphatic imine (C=N–C) groups is 1. The molecule has 6 unspecified atom stereocenters. The van der Waals surface area contributed by atoms with Crippen molar-refractivity contribution in [2.45, 2.75) is 76.7 Å². The fourth-order valence-corrected chi connectivity index (χ4v) is 3.29. The summed E-state index contributed by atoms with van der Waals surface area (Å²) in [6, 6.07) is -4.79. The normalized spacial score (nSPS) is 15.8. The number of carboxylic acid groups (broad SMARTS) is 1. The minimum absolute atomic E-state index is 0.0168. The monoisotopic (exact) mass is 525 g/mol. The van der Waals surface area contributed by atoms with Gasteiger partial charge in [0.05, 0.1) is 12.4 Å². The van der Waals surface area contributed by atoms with Gasteiger partial charge in [-0.05, 0) is 25.7 Å². The number of H-pyrrole nitrogens is 1. The standard InChI is InChI=1S/C22H39N9O6/c1-4-11(2)17(21(36)37)31-18(33)14(6-5-7-27-22(24)25)29-19(34)15(8-13-9-26-10-28-13)30-20(35)16(23)12(3)32/h9-12,14-17,32H,4-8,23H2,1-3H3,(H,26,28)(H,29,34)(H,30,35)(H,31,33)(H,36,37)(H4,24,25,27). The lowest BCUT2D eigenvalue weighted by Crippen LogP contribution is -2.59. The Hall–Kier alpha value is -3.72. The summed E-state index contributed by atoms with van der Waals surface area (Å²) in [7, 11) is 0. The fraction of sp³-hybridized carbons (Fsp3) is 0.636. The largest absolute Gasteiger partial charge is 0.480 e. The molecule has 37 heavy (non-hydrogen) atoms. The molecule has 1 heterocycles. The highest BCUT2D eigenvalue weighted by Crippen LogP contribution is 2.10. The molecule has 0 radical (unpaired) electrons. The van der Waals surface area contributed by atoms with E-state index in [1.807, 2.05) is 0 Å². The van der Waals surface area contributed by atoms with Crippen LogP contribution < -0.4 is 33.2 Å². The maximum atomic E-state index is 13.2. The van der Waals surface area contributed by atoms with E-state index >= 15 is 0 Å². The smallest absolute Gasteiger partial charge is 0.326 e. The number of amides is 3. The molecule has 12 N–H and O–H groups in total. The maximum Gasteiger partial charge on any atom is 0.326 e. The zero-order valence-corrected chi connectivity index (χ0v) is 21.3. The predicted molar refractivity (Wildman–Crippen MR) is 135 cm³/mol. The summed E-state index contributed by atoms with van der Waals surface area (Å²) >= 11 is 0. The second kappa shape index (κ2) is 15.4. The highest BCUT2D eigenvalue weighted by atomic mass is 16.4. The number of aromatic nitrogens is 2.